The van der Waals surface area contributed by atoms with Crippen LogP contribution >= 0.6 is 24.0 Å². The molecule has 0 aromatic heterocycles. The number of nitrogens with one attached hydrogen (secondary N) is 1. The Morgan fingerprint density at radius 3 is 2.56 bits per heavy atom. The van der Waals surface area contributed by atoms with Crippen LogP contribution in [0.1, 0.15) is 11.1 Å². The van der Waals surface area contributed by atoms with Crippen molar-refractivity contribution in [3.05, 3.63) is 88.8 Å². The number of amides is 2. The summed E-state index contributed by atoms with van der Waals surface area (Å²) < 4.78 is 11.3. The smallest absolute Gasteiger partial charge is 0.270 e. The Balaban J connectivity index is 1.41. The maximum absolute atomic E-state index is 13.0. The first-order chi connectivity index (χ1) is 16.4. The first-order valence-electron chi connectivity index (χ1n) is 10.4. The van der Waals surface area contributed by atoms with Crippen LogP contribution in [0.25, 0.3) is 6.08 Å². The van der Waals surface area contributed by atoms with Gasteiger partial charge in [-0.05, 0) is 55.0 Å². The van der Waals surface area contributed by atoms with Gasteiger partial charge in [-0.3, -0.25) is 14.5 Å². The quantitative estimate of drug-likeness (QED) is 0.352. The number of thioether (sulfide) groups is 1. The predicted molar refractivity (Wildman–Crippen MR) is 140 cm³/mol. The van der Waals surface area contributed by atoms with Crippen LogP contribution in [0.4, 0.5) is 11.4 Å². The number of aryl methyl sites for hydroxylation is 1. The van der Waals surface area contributed by atoms with Crippen LogP contribution in [0.15, 0.2) is 77.7 Å². The van der Waals surface area contributed by atoms with Gasteiger partial charge >= 0.3 is 0 Å². The van der Waals surface area contributed by atoms with Gasteiger partial charge in [0.2, 0.25) is 0 Å². The molecule has 4 rings (SSSR count). The molecule has 0 spiro atoms. The van der Waals surface area contributed by atoms with Crippen molar-refractivity contribution in [1.29, 1.82) is 0 Å². The van der Waals surface area contributed by atoms with Crippen molar-refractivity contribution >= 4 is 57.6 Å². The van der Waals surface area contributed by atoms with Crippen LogP contribution < -0.4 is 19.7 Å². The van der Waals surface area contributed by atoms with E-state index >= 15 is 0 Å². The second-order valence-corrected chi connectivity index (χ2v) is 9.17. The van der Waals surface area contributed by atoms with Gasteiger partial charge in [-0.25, -0.2) is 0 Å². The maximum Gasteiger partial charge on any atom is 0.270 e. The zero-order chi connectivity index (χ0) is 24.1. The average Bonchev–Trinajstić information content (AvgIpc) is 3.11. The van der Waals surface area contributed by atoms with Crippen LogP contribution in [0, 0.1) is 6.92 Å². The molecular formula is C26H22N2O4S2. The Morgan fingerprint density at radius 2 is 1.79 bits per heavy atom. The number of carbonyl (C=O) groups is 2. The molecule has 1 heterocycles. The minimum absolute atomic E-state index is 0.157. The number of thiocarbonyl (C=S) groups is 1. The van der Waals surface area contributed by atoms with Gasteiger partial charge in [0.25, 0.3) is 11.8 Å². The summed E-state index contributed by atoms with van der Waals surface area (Å²) in [5, 5.41) is 2.77. The van der Waals surface area contributed by atoms with Crippen molar-refractivity contribution in [3.63, 3.8) is 0 Å². The Bertz CT molecular complexity index is 1270. The Kier molecular flexibility index (Phi) is 7.30. The fraction of sp³-hybridized carbons (Fsp3) is 0.115. The minimum atomic E-state index is -0.294. The highest BCUT2D eigenvalue weighted by Crippen LogP contribution is 2.36. The molecule has 172 valence electrons. The van der Waals surface area contributed by atoms with Crippen molar-refractivity contribution in [2.45, 2.75) is 6.92 Å². The summed E-state index contributed by atoms with van der Waals surface area (Å²) in [6.45, 7) is 1.84. The normalized spacial score (nSPS) is 14.4. The molecule has 1 fully saturated rings. The van der Waals surface area contributed by atoms with Gasteiger partial charge in [0, 0.05) is 11.8 Å². The van der Waals surface area contributed by atoms with E-state index in [0.717, 1.165) is 16.8 Å². The molecule has 8 heteroatoms. The number of rotatable bonds is 7. The van der Waals surface area contributed by atoms with Gasteiger partial charge in [0.1, 0.15) is 11.5 Å². The average molecular weight is 491 g/mol. The van der Waals surface area contributed by atoms with Gasteiger partial charge in [0.15, 0.2) is 10.9 Å². The number of benzene rings is 3. The second-order valence-electron chi connectivity index (χ2n) is 7.49. The molecule has 3 aromatic rings. The number of hydrogen-bond donors (Lipinski definition) is 1. The van der Waals surface area contributed by atoms with E-state index < -0.39 is 0 Å². The zero-order valence-corrected chi connectivity index (χ0v) is 20.2. The SMILES string of the molecule is COc1cccc(NC(=O)COc2cccc(/C=C3\SC(=S)N(c4ccc(C)cc4)C3=O)c2)c1. The summed E-state index contributed by atoms with van der Waals surface area (Å²) in [4.78, 5) is 27.3. The number of anilines is 2. The van der Waals surface area contributed by atoms with Gasteiger partial charge in [0.05, 0.1) is 17.7 Å². The first-order valence-corrected chi connectivity index (χ1v) is 11.7. The molecular weight excluding hydrogens is 468 g/mol. The largest absolute Gasteiger partial charge is 0.497 e. The lowest BCUT2D eigenvalue weighted by Gasteiger charge is -2.14. The van der Waals surface area contributed by atoms with Crippen molar-refractivity contribution in [2.24, 2.45) is 0 Å². The lowest BCUT2D eigenvalue weighted by molar-refractivity contribution is -0.118. The zero-order valence-electron chi connectivity index (χ0n) is 18.6. The molecule has 3 aromatic carbocycles. The number of carbonyl (C=O) groups excluding carboxylic acids is 2. The molecule has 0 radical (unpaired) electrons. The van der Waals surface area contributed by atoms with Crippen molar-refractivity contribution < 1.29 is 19.1 Å². The molecule has 2 amide bonds. The van der Waals surface area contributed by atoms with Crippen LogP contribution in [-0.4, -0.2) is 29.9 Å². The van der Waals surface area contributed by atoms with Crippen LogP contribution in [0.5, 0.6) is 11.5 Å². The summed E-state index contributed by atoms with van der Waals surface area (Å²) in [5.74, 6) is 0.711. The standard InChI is InChI=1S/C26H22N2O4S2/c1-17-9-11-20(12-10-17)28-25(30)23(34-26(28)33)14-18-5-3-8-22(13-18)32-16-24(29)27-19-6-4-7-21(15-19)31-2/h3-15H,16H2,1-2H3,(H,27,29)/b23-14-. The summed E-state index contributed by atoms with van der Waals surface area (Å²) in [5.41, 5.74) is 3.25. The topological polar surface area (TPSA) is 67.9 Å². The van der Waals surface area contributed by atoms with Crippen molar-refractivity contribution in [3.8, 4) is 11.5 Å². The number of ether oxygens (including phenoxy) is 2. The number of nitrogens with zero attached hydrogens (tertiary/aromatic N) is 1. The van der Waals surface area contributed by atoms with Crippen LogP contribution in [-0.2, 0) is 9.59 Å². The van der Waals surface area contributed by atoms with Crippen LogP contribution in [0.3, 0.4) is 0 Å². The van der Waals surface area contributed by atoms with Gasteiger partial charge in [-0.1, -0.05) is 59.9 Å². The van der Waals surface area contributed by atoms with Crippen LogP contribution in [0.2, 0.25) is 0 Å². The van der Waals surface area contributed by atoms with E-state index in [0.29, 0.717) is 26.4 Å². The van der Waals surface area contributed by atoms with E-state index in [4.69, 9.17) is 21.7 Å². The minimum Gasteiger partial charge on any atom is -0.497 e. The van der Waals surface area contributed by atoms with Gasteiger partial charge in [-0.2, -0.15) is 0 Å². The Hall–Kier alpha value is -3.62. The molecule has 1 aliphatic heterocycles. The van der Waals surface area contributed by atoms with E-state index in [-0.39, 0.29) is 18.4 Å². The molecule has 0 aliphatic carbocycles. The predicted octanol–water partition coefficient (Wildman–Crippen LogP) is 5.43. The third-order valence-corrected chi connectivity index (χ3v) is 6.27. The van der Waals surface area contributed by atoms with E-state index in [2.05, 4.69) is 5.32 Å². The van der Waals surface area contributed by atoms with Crippen molar-refractivity contribution in [1.82, 2.24) is 0 Å². The highest BCUT2D eigenvalue weighted by molar-refractivity contribution is 8.27. The Morgan fingerprint density at radius 1 is 1.06 bits per heavy atom. The molecule has 6 nitrogen and oxygen atoms in total. The first kappa shape index (κ1) is 23.5. The summed E-state index contributed by atoms with van der Waals surface area (Å²) in [6, 6.07) is 22.0. The van der Waals surface area contributed by atoms with Crippen molar-refractivity contribution in [2.75, 3.05) is 23.9 Å². The molecule has 0 atom stereocenters. The van der Waals surface area contributed by atoms with E-state index in [1.54, 1.807) is 49.6 Å². The van der Waals surface area contributed by atoms with E-state index in [9.17, 15) is 9.59 Å². The molecule has 1 saturated heterocycles. The third kappa shape index (κ3) is 5.65. The fourth-order valence-electron chi connectivity index (χ4n) is 3.28. The molecule has 1 aliphatic rings. The highest BCUT2D eigenvalue weighted by Gasteiger charge is 2.33. The molecule has 0 bridgehead atoms. The lowest BCUT2D eigenvalue weighted by Crippen LogP contribution is -2.27. The molecule has 1 N–H and O–H groups in total. The highest BCUT2D eigenvalue weighted by atomic mass is 32.2. The summed E-state index contributed by atoms with van der Waals surface area (Å²) in [7, 11) is 1.57. The molecule has 0 unspecified atom stereocenters. The molecule has 0 saturated carbocycles. The van der Waals surface area contributed by atoms with E-state index in [1.807, 2.05) is 43.3 Å². The Labute approximate surface area is 207 Å². The number of methoxy groups -OCH3 is 1. The monoisotopic (exact) mass is 490 g/mol. The number of hydrogen-bond acceptors (Lipinski definition) is 6. The van der Waals surface area contributed by atoms with E-state index in [1.165, 1.54) is 16.7 Å². The third-order valence-electron chi connectivity index (χ3n) is 4.97. The lowest BCUT2D eigenvalue weighted by atomic mass is 10.2. The fourth-order valence-corrected chi connectivity index (χ4v) is 4.58. The second kappa shape index (κ2) is 10.5. The molecule has 34 heavy (non-hydrogen) atoms. The maximum atomic E-state index is 13.0. The van der Waals surface area contributed by atoms with Gasteiger partial charge in [-0.15, -0.1) is 0 Å². The van der Waals surface area contributed by atoms with Gasteiger partial charge < -0.3 is 14.8 Å². The summed E-state index contributed by atoms with van der Waals surface area (Å²) >= 11 is 6.70. The summed E-state index contributed by atoms with van der Waals surface area (Å²) in [6.07, 6.45) is 1.77.